The number of nitrogens with one attached hydrogen (secondary N) is 1. The van der Waals surface area contributed by atoms with Crippen molar-refractivity contribution < 1.29 is 9.32 Å². The Bertz CT molecular complexity index is 1700. The molecule has 0 aliphatic carbocycles. The first-order valence-corrected chi connectivity index (χ1v) is 15.3. The molecule has 0 saturated carbocycles. The van der Waals surface area contributed by atoms with E-state index in [9.17, 15) is 14.4 Å². The molecule has 2 aromatic carbocycles. The Morgan fingerprint density at radius 1 is 1.05 bits per heavy atom. The summed E-state index contributed by atoms with van der Waals surface area (Å²) < 4.78 is 6.48. The van der Waals surface area contributed by atoms with Crippen LogP contribution in [-0.2, 0) is 30.6 Å². The van der Waals surface area contributed by atoms with Crippen LogP contribution in [0.1, 0.15) is 76.0 Å². The number of carbonyl (C=O) groups excluding carboxylic acids is 1. The summed E-state index contributed by atoms with van der Waals surface area (Å²) in [6.45, 7) is 10.3. The fourth-order valence-electron chi connectivity index (χ4n) is 6.00. The third-order valence-corrected chi connectivity index (χ3v) is 8.33. The average molecular weight is 584 g/mol. The number of carbonyl (C=O) groups is 1. The predicted molar refractivity (Wildman–Crippen MR) is 167 cm³/mol. The van der Waals surface area contributed by atoms with E-state index in [0.29, 0.717) is 37.3 Å². The van der Waals surface area contributed by atoms with Crippen molar-refractivity contribution in [2.24, 2.45) is 5.41 Å². The maximum Gasteiger partial charge on any atom is 0.439 e. The van der Waals surface area contributed by atoms with Gasteiger partial charge in [-0.3, -0.25) is 23.7 Å². The van der Waals surface area contributed by atoms with Crippen LogP contribution in [0.2, 0.25) is 0 Å². The number of H-pyrrole nitrogens is 1. The van der Waals surface area contributed by atoms with E-state index < -0.39 is 5.76 Å². The largest absolute Gasteiger partial charge is 0.439 e. The molecule has 1 saturated heterocycles. The molecule has 0 spiro atoms. The second-order valence-electron chi connectivity index (χ2n) is 12.2. The number of rotatable bonds is 10. The molecule has 1 aliphatic heterocycles. The molecule has 3 heterocycles. The molecule has 9 nitrogen and oxygen atoms in total. The van der Waals surface area contributed by atoms with Crippen LogP contribution in [0.25, 0.3) is 22.5 Å². The van der Waals surface area contributed by atoms with Crippen molar-refractivity contribution in [2.75, 3.05) is 13.1 Å². The molecule has 0 bridgehead atoms. The summed E-state index contributed by atoms with van der Waals surface area (Å²) in [6.07, 6.45) is 5.39. The minimum absolute atomic E-state index is 0.00529. The zero-order valence-electron chi connectivity index (χ0n) is 25.6. The van der Waals surface area contributed by atoms with Crippen molar-refractivity contribution in [3.63, 3.8) is 0 Å². The number of likely N-dealkylation sites (tertiary alicyclic amines) is 1. The lowest BCUT2D eigenvalue weighted by Crippen LogP contribution is -2.45. The lowest BCUT2D eigenvalue weighted by atomic mass is 9.84. The van der Waals surface area contributed by atoms with Crippen LogP contribution >= 0.6 is 0 Å². The molecule has 1 amide bonds. The van der Waals surface area contributed by atoms with Crippen LogP contribution in [-0.4, -0.2) is 43.6 Å². The van der Waals surface area contributed by atoms with E-state index in [1.54, 1.807) is 4.57 Å². The molecule has 1 aliphatic rings. The standard InChI is InChI=1S/C34H41N5O4/c1-5-7-13-29-35-28(6-2)27(20-30(40)38-19-10-18-34(3,4)22-38)32(41)39(29)21-23-14-16-24(17-15-23)25-11-8-9-12-26(25)31-36-33(42)43-37-31/h8-9,11-12,14-17H,5-7,10,13,18-22H2,1-4H3,(H,36,37,42). The highest BCUT2D eigenvalue weighted by molar-refractivity contribution is 5.80. The third-order valence-electron chi connectivity index (χ3n) is 8.33. The Morgan fingerprint density at radius 2 is 1.79 bits per heavy atom. The van der Waals surface area contributed by atoms with Gasteiger partial charge in [-0.1, -0.05) is 87.8 Å². The van der Waals surface area contributed by atoms with Crippen LogP contribution in [0.4, 0.5) is 0 Å². The van der Waals surface area contributed by atoms with Gasteiger partial charge in [0.05, 0.1) is 18.7 Å². The number of unbranched alkanes of at least 4 members (excludes halogenated alkanes) is 1. The minimum Gasteiger partial charge on any atom is -0.342 e. The number of aromatic amines is 1. The second kappa shape index (κ2) is 12.9. The zero-order chi connectivity index (χ0) is 30.6. The van der Waals surface area contributed by atoms with E-state index >= 15 is 0 Å². The van der Waals surface area contributed by atoms with Crippen molar-refractivity contribution in [1.29, 1.82) is 0 Å². The molecule has 0 atom stereocenters. The number of nitrogens with zero attached hydrogens (tertiary/aromatic N) is 4. The van der Waals surface area contributed by atoms with E-state index in [1.807, 2.05) is 60.4 Å². The normalized spacial score (nSPS) is 14.7. The van der Waals surface area contributed by atoms with E-state index in [-0.39, 0.29) is 23.3 Å². The molecule has 43 heavy (non-hydrogen) atoms. The average Bonchev–Trinajstić information content (AvgIpc) is 3.44. The van der Waals surface area contributed by atoms with Gasteiger partial charge in [0.25, 0.3) is 5.56 Å². The quantitative estimate of drug-likeness (QED) is 0.268. The minimum atomic E-state index is -0.604. The highest BCUT2D eigenvalue weighted by Gasteiger charge is 2.30. The van der Waals surface area contributed by atoms with Crippen molar-refractivity contribution in [3.05, 3.63) is 92.1 Å². The summed E-state index contributed by atoms with van der Waals surface area (Å²) in [7, 11) is 0. The van der Waals surface area contributed by atoms with Gasteiger partial charge < -0.3 is 4.90 Å². The first-order chi connectivity index (χ1) is 20.7. The maximum absolute atomic E-state index is 14.1. The first-order valence-electron chi connectivity index (χ1n) is 15.3. The van der Waals surface area contributed by atoms with Crippen LogP contribution in [0.5, 0.6) is 0 Å². The third kappa shape index (κ3) is 6.87. The van der Waals surface area contributed by atoms with Gasteiger partial charge in [-0.2, -0.15) is 0 Å². The van der Waals surface area contributed by atoms with Crippen molar-refractivity contribution in [2.45, 2.75) is 79.2 Å². The van der Waals surface area contributed by atoms with Gasteiger partial charge in [-0.25, -0.2) is 9.78 Å². The lowest BCUT2D eigenvalue weighted by molar-refractivity contribution is -0.133. The number of aryl methyl sites for hydroxylation is 2. The van der Waals surface area contributed by atoms with Crippen molar-refractivity contribution in [1.82, 2.24) is 24.6 Å². The topological polar surface area (TPSA) is 114 Å². The molecule has 2 aromatic heterocycles. The number of aromatic nitrogens is 4. The zero-order valence-corrected chi connectivity index (χ0v) is 25.6. The lowest BCUT2D eigenvalue weighted by Gasteiger charge is -2.38. The number of hydrogen-bond acceptors (Lipinski definition) is 6. The Kier molecular flexibility index (Phi) is 9.08. The maximum atomic E-state index is 14.1. The molecule has 1 N–H and O–H groups in total. The van der Waals surface area contributed by atoms with Gasteiger partial charge in [-0.15, -0.1) is 0 Å². The predicted octanol–water partition coefficient (Wildman–Crippen LogP) is 5.40. The van der Waals surface area contributed by atoms with Crippen molar-refractivity contribution >= 4 is 5.91 Å². The highest BCUT2D eigenvalue weighted by Crippen LogP contribution is 2.30. The van der Waals surface area contributed by atoms with Gasteiger partial charge in [0.15, 0.2) is 5.82 Å². The Morgan fingerprint density at radius 3 is 2.44 bits per heavy atom. The SMILES string of the molecule is CCCCc1nc(CC)c(CC(=O)N2CCCC(C)(C)C2)c(=O)n1Cc1ccc(-c2ccccc2-c2noc(=O)[nH]2)cc1. The summed E-state index contributed by atoms with van der Waals surface area (Å²) >= 11 is 0. The van der Waals surface area contributed by atoms with Gasteiger partial charge in [0, 0.05) is 30.6 Å². The molecule has 1 fully saturated rings. The molecule has 226 valence electrons. The molecule has 9 heteroatoms. The van der Waals surface area contributed by atoms with E-state index in [4.69, 9.17) is 9.51 Å². The Hall–Kier alpha value is -4.27. The van der Waals surface area contributed by atoms with Gasteiger partial charge in [-0.05, 0) is 47.8 Å². The first kappa shape index (κ1) is 30.2. The molecule has 0 unspecified atom stereocenters. The number of benzene rings is 2. The van der Waals surface area contributed by atoms with Crippen LogP contribution in [0, 0.1) is 5.41 Å². The number of piperidine rings is 1. The van der Waals surface area contributed by atoms with Crippen LogP contribution in [0.3, 0.4) is 0 Å². The Labute approximate surface area is 252 Å². The molecule has 4 aromatic rings. The fourth-order valence-corrected chi connectivity index (χ4v) is 6.00. The molecule has 5 rings (SSSR count). The smallest absolute Gasteiger partial charge is 0.342 e. The van der Waals surface area contributed by atoms with E-state index in [2.05, 4.69) is 30.9 Å². The summed E-state index contributed by atoms with van der Waals surface area (Å²) in [4.78, 5) is 48.6. The summed E-state index contributed by atoms with van der Waals surface area (Å²) in [5.74, 6) is 0.538. The van der Waals surface area contributed by atoms with E-state index in [1.165, 1.54) is 0 Å². The molecule has 0 radical (unpaired) electrons. The van der Waals surface area contributed by atoms with Gasteiger partial charge in [0.2, 0.25) is 5.91 Å². The Balaban J connectivity index is 1.45. The molecular formula is C34H41N5O4. The van der Waals surface area contributed by atoms with Crippen molar-refractivity contribution in [3.8, 4) is 22.5 Å². The number of hydrogen-bond donors (Lipinski definition) is 1. The van der Waals surface area contributed by atoms with Crippen LogP contribution < -0.4 is 11.3 Å². The second-order valence-corrected chi connectivity index (χ2v) is 12.2. The van der Waals surface area contributed by atoms with Gasteiger partial charge in [0.1, 0.15) is 5.82 Å². The van der Waals surface area contributed by atoms with Crippen LogP contribution in [0.15, 0.2) is 62.6 Å². The molecular weight excluding hydrogens is 542 g/mol. The monoisotopic (exact) mass is 583 g/mol. The van der Waals surface area contributed by atoms with E-state index in [0.717, 1.165) is 66.0 Å². The summed E-state index contributed by atoms with van der Waals surface area (Å²) in [6, 6.07) is 15.7. The highest BCUT2D eigenvalue weighted by atomic mass is 16.5. The number of amides is 1. The summed E-state index contributed by atoms with van der Waals surface area (Å²) in [5.41, 5.74) is 4.77. The fraction of sp³-hybridized carbons (Fsp3) is 0.441. The van der Waals surface area contributed by atoms with Gasteiger partial charge >= 0.3 is 5.76 Å². The summed E-state index contributed by atoms with van der Waals surface area (Å²) in [5, 5.41) is 3.85.